The van der Waals surface area contributed by atoms with Gasteiger partial charge in [-0.2, -0.15) is 0 Å². The minimum absolute atomic E-state index is 0.0258. The van der Waals surface area contributed by atoms with Crippen molar-refractivity contribution in [2.24, 2.45) is 0 Å². The highest BCUT2D eigenvalue weighted by Gasteiger charge is 2.19. The van der Waals surface area contributed by atoms with Crippen molar-refractivity contribution in [3.05, 3.63) is 56.8 Å². The summed E-state index contributed by atoms with van der Waals surface area (Å²) in [6.07, 6.45) is 4.18. The van der Waals surface area contributed by atoms with Crippen molar-refractivity contribution >= 4 is 23.1 Å². The molecular formula is C17H14F2O3S. The van der Waals surface area contributed by atoms with E-state index >= 15 is 0 Å². The van der Waals surface area contributed by atoms with E-state index in [9.17, 15) is 18.4 Å². The van der Waals surface area contributed by atoms with Crippen LogP contribution in [-0.4, -0.2) is 18.4 Å². The van der Waals surface area contributed by atoms with Crippen LogP contribution in [-0.2, 0) is 17.6 Å². The Hall–Kier alpha value is -2.08. The number of fused-ring (bicyclic) bond motifs is 1. The number of hydrogen-bond donors (Lipinski definition) is 0. The Labute approximate surface area is 135 Å². The van der Waals surface area contributed by atoms with Crippen LogP contribution in [0.25, 0.3) is 0 Å². The summed E-state index contributed by atoms with van der Waals surface area (Å²) in [5.74, 6) is -3.25. The molecule has 3 nitrogen and oxygen atoms in total. The minimum Gasteiger partial charge on any atom is -0.453 e. The smallest absolute Gasteiger partial charge is 0.348 e. The molecule has 0 bridgehead atoms. The monoisotopic (exact) mass is 336 g/mol. The highest BCUT2D eigenvalue weighted by Crippen LogP contribution is 2.30. The standard InChI is InChI=1S/C17H14F2O3S/c18-12-6-5-10(7-13(12)19)14(20)9-22-17(21)16-8-11-3-1-2-4-15(11)23-16/h5-8H,1-4,9H2. The topological polar surface area (TPSA) is 43.4 Å². The van der Waals surface area contributed by atoms with Crippen molar-refractivity contribution in [2.45, 2.75) is 25.7 Å². The predicted molar refractivity (Wildman–Crippen MR) is 81.9 cm³/mol. The lowest BCUT2D eigenvalue weighted by molar-refractivity contribution is 0.0479. The van der Waals surface area contributed by atoms with Crippen molar-refractivity contribution < 1.29 is 23.1 Å². The molecular weight excluding hydrogens is 322 g/mol. The molecule has 23 heavy (non-hydrogen) atoms. The zero-order valence-electron chi connectivity index (χ0n) is 12.2. The molecule has 0 N–H and O–H groups in total. The van der Waals surface area contributed by atoms with Crippen LogP contribution < -0.4 is 0 Å². The van der Waals surface area contributed by atoms with Gasteiger partial charge in [-0.25, -0.2) is 13.6 Å². The van der Waals surface area contributed by atoms with Gasteiger partial charge in [0.1, 0.15) is 4.88 Å². The number of Topliss-reactive ketones (excluding diaryl/α,β-unsaturated/α-hetero) is 1. The predicted octanol–water partition coefficient (Wildman–Crippen LogP) is 3.94. The molecule has 0 spiro atoms. The van der Waals surface area contributed by atoms with Crippen molar-refractivity contribution in [3.8, 4) is 0 Å². The second-order valence-electron chi connectivity index (χ2n) is 5.39. The van der Waals surface area contributed by atoms with E-state index in [0.717, 1.165) is 37.8 Å². The molecule has 0 aliphatic heterocycles. The van der Waals surface area contributed by atoms with E-state index < -0.39 is 30.0 Å². The fourth-order valence-corrected chi connectivity index (χ4v) is 3.69. The van der Waals surface area contributed by atoms with Crippen LogP contribution in [0.4, 0.5) is 8.78 Å². The number of thiophene rings is 1. The van der Waals surface area contributed by atoms with Gasteiger partial charge in [0, 0.05) is 10.4 Å². The highest BCUT2D eigenvalue weighted by molar-refractivity contribution is 7.14. The van der Waals surface area contributed by atoms with Gasteiger partial charge in [0.15, 0.2) is 24.0 Å². The summed E-state index contributed by atoms with van der Waals surface area (Å²) in [7, 11) is 0. The minimum atomic E-state index is -1.10. The molecule has 3 rings (SSSR count). The molecule has 0 saturated heterocycles. The van der Waals surface area contributed by atoms with Crippen molar-refractivity contribution in [1.82, 2.24) is 0 Å². The Morgan fingerprint density at radius 1 is 1.09 bits per heavy atom. The number of rotatable bonds is 4. The number of ketones is 1. The van der Waals surface area contributed by atoms with E-state index in [4.69, 9.17) is 4.74 Å². The average Bonchev–Trinajstić information content (AvgIpc) is 2.99. The number of esters is 1. The molecule has 1 heterocycles. The zero-order chi connectivity index (χ0) is 16.4. The summed E-state index contributed by atoms with van der Waals surface area (Å²) in [5.41, 5.74) is 1.15. The zero-order valence-corrected chi connectivity index (χ0v) is 13.1. The van der Waals surface area contributed by atoms with Gasteiger partial charge in [-0.15, -0.1) is 11.3 Å². The summed E-state index contributed by atoms with van der Waals surface area (Å²) >= 11 is 1.40. The summed E-state index contributed by atoms with van der Waals surface area (Å²) in [4.78, 5) is 25.6. The summed E-state index contributed by atoms with van der Waals surface area (Å²) in [6, 6.07) is 4.66. The molecule has 1 aromatic carbocycles. The molecule has 120 valence electrons. The number of ether oxygens (including phenoxy) is 1. The molecule has 1 aliphatic rings. The number of benzene rings is 1. The van der Waals surface area contributed by atoms with Gasteiger partial charge in [-0.1, -0.05) is 0 Å². The molecule has 0 radical (unpaired) electrons. The van der Waals surface area contributed by atoms with E-state index in [0.29, 0.717) is 4.88 Å². The third-order valence-electron chi connectivity index (χ3n) is 3.77. The fraction of sp³-hybridized carbons (Fsp3) is 0.294. The third kappa shape index (κ3) is 3.47. The van der Waals surface area contributed by atoms with Gasteiger partial charge in [0.05, 0.1) is 0 Å². The summed E-state index contributed by atoms with van der Waals surface area (Å²) < 4.78 is 30.9. The van der Waals surface area contributed by atoms with Crippen LogP contribution in [0.3, 0.4) is 0 Å². The fourth-order valence-electron chi connectivity index (χ4n) is 2.55. The van der Waals surface area contributed by atoms with E-state index in [2.05, 4.69) is 0 Å². The lowest BCUT2D eigenvalue weighted by atomic mass is 9.99. The number of carbonyl (C=O) groups excluding carboxylic acids is 2. The van der Waals surface area contributed by atoms with Gasteiger partial charge >= 0.3 is 5.97 Å². The van der Waals surface area contributed by atoms with Crippen LogP contribution in [0.2, 0.25) is 0 Å². The highest BCUT2D eigenvalue weighted by atomic mass is 32.1. The number of hydrogen-bond acceptors (Lipinski definition) is 4. The molecule has 0 unspecified atom stereocenters. The maximum atomic E-state index is 13.1. The summed E-state index contributed by atoms with van der Waals surface area (Å²) in [6.45, 7) is -0.494. The molecule has 1 aromatic heterocycles. The Morgan fingerprint density at radius 3 is 2.61 bits per heavy atom. The first-order chi connectivity index (χ1) is 11.0. The second-order valence-corrected chi connectivity index (χ2v) is 6.53. The van der Waals surface area contributed by atoms with Crippen LogP contribution in [0.1, 0.15) is 43.3 Å². The Morgan fingerprint density at radius 2 is 1.87 bits per heavy atom. The van der Waals surface area contributed by atoms with Crippen molar-refractivity contribution in [3.63, 3.8) is 0 Å². The molecule has 0 fully saturated rings. The van der Waals surface area contributed by atoms with Crippen LogP contribution >= 0.6 is 11.3 Å². The maximum Gasteiger partial charge on any atom is 0.348 e. The summed E-state index contributed by atoms with van der Waals surface area (Å²) in [5, 5.41) is 0. The molecule has 0 atom stereocenters. The van der Waals surface area contributed by atoms with E-state index in [1.54, 1.807) is 0 Å². The Bertz CT molecular complexity index is 744. The molecule has 0 saturated carbocycles. The Balaban J connectivity index is 1.63. The lowest BCUT2D eigenvalue weighted by Gasteiger charge is -2.08. The normalized spacial score (nSPS) is 13.5. The van der Waals surface area contributed by atoms with E-state index in [-0.39, 0.29) is 5.56 Å². The largest absolute Gasteiger partial charge is 0.453 e. The van der Waals surface area contributed by atoms with Gasteiger partial charge in [-0.3, -0.25) is 4.79 Å². The SMILES string of the molecule is O=C(COC(=O)c1cc2c(s1)CCCC2)c1ccc(F)c(F)c1. The van der Waals surface area contributed by atoms with Crippen molar-refractivity contribution in [2.75, 3.05) is 6.61 Å². The second kappa shape index (κ2) is 6.58. The van der Waals surface area contributed by atoms with Gasteiger partial charge in [0.25, 0.3) is 0 Å². The first-order valence-electron chi connectivity index (χ1n) is 7.31. The number of carbonyl (C=O) groups is 2. The van der Waals surface area contributed by atoms with Gasteiger partial charge < -0.3 is 4.74 Å². The molecule has 6 heteroatoms. The molecule has 1 aliphatic carbocycles. The van der Waals surface area contributed by atoms with Crippen LogP contribution in [0, 0.1) is 11.6 Å². The van der Waals surface area contributed by atoms with E-state index in [1.807, 2.05) is 6.07 Å². The van der Waals surface area contributed by atoms with E-state index in [1.165, 1.54) is 27.8 Å². The van der Waals surface area contributed by atoms with Crippen LogP contribution in [0.5, 0.6) is 0 Å². The molecule has 0 amide bonds. The number of halogens is 2. The molecule has 2 aromatic rings. The van der Waals surface area contributed by atoms with Crippen molar-refractivity contribution in [1.29, 1.82) is 0 Å². The Kier molecular flexibility index (Phi) is 4.52. The first kappa shape index (κ1) is 15.8. The average molecular weight is 336 g/mol. The van der Waals surface area contributed by atoms with Gasteiger partial charge in [0.2, 0.25) is 0 Å². The lowest BCUT2D eigenvalue weighted by Crippen LogP contribution is -2.14. The van der Waals surface area contributed by atoms with Gasteiger partial charge in [-0.05, 0) is 55.5 Å². The maximum absolute atomic E-state index is 13.1. The van der Waals surface area contributed by atoms with Crippen LogP contribution in [0.15, 0.2) is 24.3 Å². The first-order valence-corrected chi connectivity index (χ1v) is 8.13. The quantitative estimate of drug-likeness (QED) is 0.627. The third-order valence-corrected chi connectivity index (χ3v) is 4.99. The number of aryl methyl sites for hydroxylation is 2.